The molecule has 0 bridgehead atoms. The summed E-state index contributed by atoms with van der Waals surface area (Å²) < 4.78 is 51.6. The van der Waals surface area contributed by atoms with Crippen molar-refractivity contribution in [1.29, 1.82) is 0 Å². The first-order chi connectivity index (χ1) is 13.7. The van der Waals surface area contributed by atoms with Crippen LogP contribution in [0.5, 0.6) is 0 Å². The van der Waals surface area contributed by atoms with Gasteiger partial charge in [0.1, 0.15) is 5.82 Å². The topological polar surface area (TPSA) is 49.4 Å². The molecule has 0 unspecified atom stereocenters. The van der Waals surface area contributed by atoms with Gasteiger partial charge in [-0.25, -0.2) is 4.39 Å². The number of hydrogen-bond donors (Lipinski definition) is 1. The number of halogens is 4. The predicted molar refractivity (Wildman–Crippen MR) is 98.8 cm³/mol. The summed E-state index contributed by atoms with van der Waals surface area (Å²) in [7, 11) is 0. The monoisotopic (exact) mass is 408 g/mol. The minimum atomic E-state index is -4.51. The molecule has 2 aromatic rings. The molecule has 29 heavy (non-hydrogen) atoms. The Kier molecular flexibility index (Phi) is 6.20. The highest BCUT2D eigenvalue weighted by Crippen LogP contribution is 2.30. The lowest BCUT2D eigenvalue weighted by Gasteiger charge is -2.33. The standard InChI is InChI=1S/C21H20F4N2O2/c22-18-8-6-15(7-9-18)19(28)26-12-14-3-2-10-27(13-14)20(29)16-4-1-5-17(11-16)21(23,24)25/h1,4-9,11,14H,2-3,10,12-13H2,(H,26,28)/t14-/m1/s1. The van der Waals surface area contributed by atoms with Gasteiger partial charge in [-0.3, -0.25) is 9.59 Å². The summed E-state index contributed by atoms with van der Waals surface area (Å²) in [5.74, 6) is -1.24. The Labute approximate surface area is 165 Å². The summed E-state index contributed by atoms with van der Waals surface area (Å²) in [5.41, 5.74) is -0.529. The van der Waals surface area contributed by atoms with Gasteiger partial charge < -0.3 is 10.2 Å². The highest BCUT2D eigenvalue weighted by molar-refractivity contribution is 5.95. The van der Waals surface area contributed by atoms with Crippen molar-refractivity contribution in [3.8, 4) is 0 Å². The van der Waals surface area contributed by atoms with Gasteiger partial charge in [-0.1, -0.05) is 6.07 Å². The van der Waals surface area contributed by atoms with Gasteiger partial charge in [0.25, 0.3) is 11.8 Å². The third kappa shape index (κ3) is 5.34. The van der Waals surface area contributed by atoms with Gasteiger partial charge in [-0.2, -0.15) is 13.2 Å². The van der Waals surface area contributed by atoms with Gasteiger partial charge in [0.2, 0.25) is 0 Å². The maximum atomic E-state index is 12.9. The van der Waals surface area contributed by atoms with E-state index in [1.807, 2.05) is 0 Å². The molecule has 0 radical (unpaired) electrons. The maximum absolute atomic E-state index is 12.9. The van der Waals surface area contributed by atoms with Crippen LogP contribution in [-0.2, 0) is 6.18 Å². The van der Waals surface area contributed by atoms with E-state index < -0.39 is 23.5 Å². The lowest BCUT2D eigenvalue weighted by Crippen LogP contribution is -2.43. The third-order valence-corrected chi connectivity index (χ3v) is 4.90. The zero-order valence-corrected chi connectivity index (χ0v) is 15.5. The van der Waals surface area contributed by atoms with E-state index in [0.29, 0.717) is 31.6 Å². The molecule has 0 aromatic heterocycles. The molecule has 2 aromatic carbocycles. The molecule has 1 aliphatic heterocycles. The zero-order chi connectivity index (χ0) is 21.0. The lowest BCUT2D eigenvalue weighted by atomic mass is 9.97. The van der Waals surface area contributed by atoms with Crippen molar-refractivity contribution in [3.05, 3.63) is 71.0 Å². The van der Waals surface area contributed by atoms with E-state index in [9.17, 15) is 27.2 Å². The van der Waals surface area contributed by atoms with E-state index in [-0.39, 0.29) is 17.4 Å². The molecule has 2 amide bonds. The van der Waals surface area contributed by atoms with Gasteiger partial charge in [0.05, 0.1) is 5.56 Å². The Morgan fingerprint density at radius 3 is 2.48 bits per heavy atom. The van der Waals surface area contributed by atoms with Gasteiger partial charge in [-0.05, 0) is 61.2 Å². The number of alkyl halides is 3. The van der Waals surface area contributed by atoms with E-state index in [0.717, 1.165) is 18.6 Å². The van der Waals surface area contributed by atoms with E-state index >= 15 is 0 Å². The molecular formula is C21H20F4N2O2. The Morgan fingerprint density at radius 1 is 1.07 bits per heavy atom. The molecule has 1 saturated heterocycles. The lowest BCUT2D eigenvalue weighted by molar-refractivity contribution is -0.137. The molecule has 0 spiro atoms. The fourth-order valence-corrected chi connectivity index (χ4v) is 3.37. The molecule has 1 aliphatic rings. The van der Waals surface area contributed by atoms with Crippen LogP contribution in [0.3, 0.4) is 0 Å². The molecule has 0 aliphatic carbocycles. The zero-order valence-electron chi connectivity index (χ0n) is 15.5. The quantitative estimate of drug-likeness (QED) is 0.774. The first-order valence-electron chi connectivity index (χ1n) is 9.24. The molecule has 1 N–H and O–H groups in total. The summed E-state index contributed by atoms with van der Waals surface area (Å²) in [6, 6.07) is 9.56. The van der Waals surface area contributed by atoms with Crippen LogP contribution >= 0.6 is 0 Å². The molecule has 1 fully saturated rings. The first-order valence-corrected chi connectivity index (χ1v) is 9.24. The van der Waals surface area contributed by atoms with Crippen LogP contribution in [0, 0.1) is 11.7 Å². The molecule has 1 heterocycles. The number of nitrogens with zero attached hydrogens (tertiary/aromatic N) is 1. The largest absolute Gasteiger partial charge is 0.416 e. The molecule has 154 valence electrons. The van der Waals surface area contributed by atoms with Crippen LogP contribution in [0.1, 0.15) is 39.1 Å². The number of amides is 2. The SMILES string of the molecule is O=C(NC[C@H]1CCCN(C(=O)c2cccc(C(F)(F)F)c2)C1)c1ccc(F)cc1. The van der Waals surface area contributed by atoms with E-state index in [1.54, 1.807) is 0 Å². The van der Waals surface area contributed by atoms with Crippen LogP contribution in [0.25, 0.3) is 0 Å². The summed E-state index contributed by atoms with van der Waals surface area (Å²) in [5, 5.41) is 2.77. The Morgan fingerprint density at radius 2 is 1.79 bits per heavy atom. The number of carbonyl (C=O) groups is 2. The Hall–Kier alpha value is -2.90. The van der Waals surface area contributed by atoms with Gasteiger partial charge >= 0.3 is 6.18 Å². The van der Waals surface area contributed by atoms with Crippen molar-refractivity contribution in [3.63, 3.8) is 0 Å². The van der Waals surface area contributed by atoms with Crippen molar-refractivity contribution >= 4 is 11.8 Å². The van der Waals surface area contributed by atoms with Gasteiger partial charge in [0.15, 0.2) is 0 Å². The molecular weight excluding hydrogens is 388 g/mol. The Balaban J connectivity index is 1.59. The Bertz CT molecular complexity index is 881. The van der Waals surface area contributed by atoms with Gasteiger partial charge in [0, 0.05) is 30.8 Å². The third-order valence-electron chi connectivity index (χ3n) is 4.90. The fourth-order valence-electron chi connectivity index (χ4n) is 3.37. The number of hydrogen-bond acceptors (Lipinski definition) is 2. The average molecular weight is 408 g/mol. The minimum absolute atomic E-state index is 0.00387. The van der Waals surface area contributed by atoms with Crippen LogP contribution in [0.15, 0.2) is 48.5 Å². The first kappa shape index (κ1) is 20.8. The minimum Gasteiger partial charge on any atom is -0.352 e. The summed E-state index contributed by atoms with van der Waals surface area (Å²) in [4.78, 5) is 26.3. The van der Waals surface area contributed by atoms with Crippen molar-refractivity contribution in [1.82, 2.24) is 10.2 Å². The number of nitrogens with one attached hydrogen (secondary N) is 1. The number of carbonyl (C=O) groups excluding carboxylic acids is 2. The second-order valence-electron chi connectivity index (χ2n) is 7.05. The van der Waals surface area contributed by atoms with Crippen LogP contribution in [0.4, 0.5) is 17.6 Å². The van der Waals surface area contributed by atoms with Crippen molar-refractivity contribution in [2.24, 2.45) is 5.92 Å². The van der Waals surface area contributed by atoms with E-state index in [1.165, 1.54) is 41.3 Å². The van der Waals surface area contributed by atoms with Gasteiger partial charge in [-0.15, -0.1) is 0 Å². The molecule has 0 saturated carbocycles. The number of piperidine rings is 1. The molecule has 4 nitrogen and oxygen atoms in total. The van der Waals surface area contributed by atoms with Crippen LogP contribution in [0.2, 0.25) is 0 Å². The van der Waals surface area contributed by atoms with Crippen LogP contribution in [-0.4, -0.2) is 36.3 Å². The van der Waals surface area contributed by atoms with Crippen molar-refractivity contribution in [2.75, 3.05) is 19.6 Å². The second kappa shape index (κ2) is 8.63. The molecule has 1 atom stereocenters. The molecule has 8 heteroatoms. The maximum Gasteiger partial charge on any atom is 0.416 e. The second-order valence-corrected chi connectivity index (χ2v) is 7.05. The average Bonchev–Trinajstić information content (AvgIpc) is 2.71. The number of rotatable bonds is 4. The normalized spacial score (nSPS) is 17.1. The fraction of sp³-hybridized carbons (Fsp3) is 0.333. The summed E-state index contributed by atoms with van der Waals surface area (Å²) in [6.45, 7) is 1.12. The van der Waals surface area contributed by atoms with E-state index in [4.69, 9.17) is 0 Å². The summed E-state index contributed by atoms with van der Waals surface area (Å²) in [6.07, 6.45) is -3.02. The smallest absolute Gasteiger partial charge is 0.352 e. The predicted octanol–water partition coefficient (Wildman–Crippen LogP) is 4.13. The number of benzene rings is 2. The highest BCUT2D eigenvalue weighted by Gasteiger charge is 2.32. The molecule has 3 rings (SSSR count). The highest BCUT2D eigenvalue weighted by atomic mass is 19.4. The summed E-state index contributed by atoms with van der Waals surface area (Å²) >= 11 is 0. The van der Waals surface area contributed by atoms with Crippen molar-refractivity contribution in [2.45, 2.75) is 19.0 Å². The van der Waals surface area contributed by atoms with Crippen LogP contribution < -0.4 is 5.32 Å². The number of likely N-dealkylation sites (tertiary alicyclic amines) is 1. The van der Waals surface area contributed by atoms with Crippen molar-refractivity contribution < 1.29 is 27.2 Å². The van der Waals surface area contributed by atoms with E-state index in [2.05, 4.69) is 5.32 Å².